The van der Waals surface area contributed by atoms with Crippen LogP contribution in [0.2, 0.25) is 0 Å². The summed E-state index contributed by atoms with van der Waals surface area (Å²) in [7, 11) is 0. The smallest absolute Gasteiger partial charge is 0.305 e. The first-order valence-corrected chi connectivity index (χ1v) is 7.60. The number of carbonyl (C=O) groups excluding carboxylic acids is 3. The number of rotatable bonds is 8. The summed E-state index contributed by atoms with van der Waals surface area (Å²) in [6.45, 7) is 6.34. The quantitative estimate of drug-likeness (QED) is 0.368. The van der Waals surface area contributed by atoms with Gasteiger partial charge in [-0.3, -0.25) is 14.4 Å². The highest BCUT2D eigenvalue weighted by Gasteiger charge is 2.51. The summed E-state index contributed by atoms with van der Waals surface area (Å²) in [5.41, 5.74) is 0. The van der Waals surface area contributed by atoms with Crippen LogP contribution >= 0.6 is 0 Å². The minimum atomic E-state index is -1.14. The zero-order valence-electron chi connectivity index (χ0n) is 13.9. The molecule has 1 aliphatic rings. The molecule has 0 aromatic carbocycles. The Labute approximate surface area is 135 Å². The van der Waals surface area contributed by atoms with Crippen LogP contribution in [0.4, 0.5) is 0 Å². The third-order valence-corrected chi connectivity index (χ3v) is 3.08. The van der Waals surface area contributed by atoms with E-state index in [1.165, 1.54) is 20.8 Å². The van der Waals surface area contributed by atoms with Crippen molar-refractivity contribution >= 4 is 17.9 Å². The van der Waals surface area contributed by atoms with Crippen LogP contribution in [-0.4, -0.2) is 55.7 Å². The standard InChI is InChI=1S/C15H24O8/c1-5-6-7-19-8-12-13(20-9(2)16)14(21-10(3)17)15(23-12)22-11(4)18/h12-15H,5-8H2,1-4H3/t12-,13-,14-,15?/m1/s1. The fourth-order valence-electron chi connectivity index (χ4n) is 2.18. The molecule has 0 aliphatic carbocycles. The molecule has 8 heteroatoms. The zero-order chi connectivity index (χ0) is 17.4. The molecule has 4 atom stereocenters. The van der Waals surface area contributed by atoms with Gasteiger partial charge in [-0.05, 0) is 6.42 Å². The first-order chi connectivity index (χ1) is 10.8. The first-order valence-electron chi connectivity index (χ1n) is 7.60. The summed E-state index contributed by atoms with van der Waals surface area (Å²) in [6, 6.07) is 0. The summed E-state index contributed by atoms with van der Waals surface area (Å²) in [6.07, 6.45) is -1.90. The van der Waals surface area contributed by atoms with Crippen molar-refractivity contribution in [1.82, 2.24) is 0 Å². The molecule has 1 saturated heterocycles. The van der Waals surface area contributed by atoms with Crippen LogP contribution in [-0.2, 0) is 38.1 Å². The first kappa shape index (κ1) is 19.4. The normalized spacial score (nSPS) is 26.6. The van der Waals surface area contributed by atoms with E-state index in [0.717, 1.165) is 12.8 Å². The average Bonchev–Trinajstić information content (AvgIpc) is 2.71. The van der Waals surface area contributed by atoms with Crippen molar-refractivity contribution in [3.63, 3.8) is 0 Å². The maximum absolute atomic E-state index is 11.3. The molecule has 1 aliphatic heterocycles. The summed E-state index contributed by atoms with van der Waals surface area (Å²) in [4.78, 5) is 33.8. The number of hydrogen-bond donors (Lipinski definition) is 0. The lowest BCUT2D eigenvalue weighted by atomic mass is 10.1. The number of esters is 3. The maximum Gasteiger partial charge on any atom is 0.305 e. The Bertz CT molecular complexity index is 422. The molecule has 0 aromatic rings. The zero-order valence-corrected chi connectivity index (χ0v) is 13.9. The van der Waals surface area contributed by atoms with Gasteiger partial charge in [0.2, 0.25) is 12.4 Å². The van der Waals surface area contributed by atoms with Crippen LogP contribution in [0.15, 0.2) is 0 Å². The van der Waals surface area contributed by atoms with Crippen LogP contribution < -0.4 is 0 Å². The van der Waals surface area contributed by atoms with E-state index in [4.69, 9.17) is 23.7 Å². The summed E-state index contributed by atoms with van der Waals surface area (Å²) in [5, 5.41) is 0. The van der Waals surface area contributed by atoms with Crippen molar-refractivity contribution in [2.75, 3.05) is 13.2 Å². The van der Waals surface area contributed by atoms with E-state index < -0.39 is 42.5 Å². The molecule has 1 fully saturated rings. The van der Waals surface area contributed by atoms with Gasteiger partial charge >= 0.3 is 17.9 Å². The van der Waals surface area contributed by atoms with E-state index in [2.05, 4.69) is 0 Å². The lowest BCUT2D eigenvalue weighted by Gasteiger charge is -2.22. The number of hydrogen-bond acceptors (Lipinski definition) is 8. The Morgan fingerprint density at radius 1 is 0.913 bits per heavy atom. The number of carbonyl (C=O) groups is 3. The SMILES string of the molecule is CCCCOC[C@H]1OC(OC(C)=O)[C@H](OC(C)=O)[C@@H]1OC(C)=O. The average molecular weight is 332 g/mol. The van der Waals surface area contributed by atoms with Gasteiger partial charge in [0.05, 0.1) is 6.61 Å². The summed E-state index contributed by atoms with van der Waals surface area (Å²) in [5.74, 6) is -1.75. The molecule has 1 heterocycles. The van der Waals surface area contributed by atoms with Crippen molar-refractivity contribution in [3.8, 4) is 0 Å². The monoisotopic (exact) mass is 332 g/mol. The number of ether oxygens (including phenoxy) is 5. The van der Waals surface area contributed by atoms with E-state index >= 15 is 0 Å². The molecule has 23 heavy (non-hydrogen) atoms. The third-order valence-electron chi connectivity index (χ3n) is 3.08. The van der Waals surface area contributed by atoms with Crippen molar-refractivity contribution in [2.45, 2.75) is 65.1 Å². The van der Waals surface area contributed by atoms with E-state index in [-0.39, 0.29) is 6.61 Å². The van der Waals surface area contributed by atoms with Gasteiger partial charge in [-0.25, -0.2) is 0 Å². The highest BCUT2D eigenvalue weighted by atomic mass is 16.7. The van der Waals surface area contributed by atoms with E-state index in [0.29, 0.717) is 6.61 Å². The molecular weight excluding hydrogens is 308 g/mol. The Balaban J connectivity index is 2.82. The second kappa shape index (κ2) is 9.46. The Kier molecular flexibility index (Phi) is 7.97. The third kappa shape index (κ3) is 6.54. The van der Waals surface area contributed by atoms with Gasteiger partial charge in [0, 0.05) is 27.4 Å². The second-order valence-corrected chi connectivity index (χ2v) is 5.23. The summed E-state index contributed by atoms with van der Waals surface area (Å²) >= 11 is 0. The van der Waals surface area contributed by atoms with Crippen LogP contribution in [0.5, 0.6) is 0 Å². The lowest BCUT2D eigenvalue weighted by molar-refractivity contribution is -0.197. The molecule has 132 valence electrons. The van der Waals surface area contributed by atoms with Gasteiger partial charge in [0.15, 0.2) is 6.10 Å². The molecule has 0 aromatic heterocycles. The van der Waals surface area contributed by atoms with Gasteiger partial charge in [-0.15, -0.1) is 0 Å². The van der Waals surface area contributed by atoms with E-state index in [9.17, 15) is 14.4 Å². The minimum absolute atomic E-state index is 0.132. The lowest BCUT2D eigenvalue weighted by Crippen LogP contribution is -2.41. The van der Waals surface area contributed by atoms with Gasteiger partial charge in [-0.1, -0.05) is 13.3 Å². The Hall–Kier alpha value is -1.67. The van der Waals surface area contributed by atoms with Crippen molar-refractivity contribution in [2.24, 2.45) is 0 Å². The largest absolute Gasteiger partial charge is 0.455 e. The molecule has 1 unspecified atom stereocenters. The molecule has 8 nitrogen and oxygen atoms in total. The molecule has 0 spiro atoms. The number of unbranched alkanes of at least 4 members (excludes halogenated alkanes) is 1. The van der Waals surface area contributed by atoms with E-state index in [1.54, 1.807) is 0 Å². The van der Waals surface area contributed by atoms with Gasteiger partial charge < -0.3 is 23.7 Å². The van der Waals surface area contributed by atoms with Crippen LogP contribution in [0.25, 0.3) is 0 Å². The molecule has 0 N–H and O–H groups in total. The van der Waals surface area contributed by atoms with Gasteiger partial charge in [0.25, 0.3) is 0 Å². The predicted octanol–water partition coefficient (Wildman–Crippen LogP) is 0.954. The fraction of sp³-hybridized carbons (Fsp3) is 0.800. The molecule has 0 amide bonds. The van der Waals surface area contributed by atoms with Gasteiger partial charge in [0.1, 0.15) is 6.10 Å². The predicted molar refractivity (Wildman–Crippen MR) is 77.3 cm³/mol. The second-order valence-electron chi connectivity index (χ2n) is 5.23. The van der Waals surface area contributed by atoms with Crippen LogP contribution in [0, 0.1) is 0 Å². The van der Waals surface area contributed by atoms with Crippen LogP contribution in [0.1, 0.15) is 40.5 Å². The molecule has 1 rings (SSSR count). The fourth-order valence-corrected chi connectivity index (χ4v) is 2.18. The molecule has 0 bridgehead atoms. The molecule has 0 radical (unpaired) electrons. The topological polar surface area (TPSA) is 97.4 Å². The van der Waals surface area contributed by atoms with E-state index in [1.807, 2.05) is 6.92 Å². The molecule has 0 saturated carbocycles. The Morgan fingerprint density at radius 3 is 2.00 bits per heavy atom. The van der Waals surface area contributed by atoms with Gasteiger partial charge in [-0.2, -0.15) is 0 Å². The van der Waals surface area contributed by atoms with Crippen molar-refractivity contribution in [1.29, 1.82) is 0 Å². The van der Waals surface area contributed by atoms with Crippen LogP contribution in [0.3, 0.4) is 0 Å². The highest BCUT2D eigenvalue weighted by Crippen LogP contribution is 2.28. The van der Waals surface area contributed by atoms with Crippen molar-refractivity contribution in [3.05, 3.63) is 0 Å². The van der Waals surface area contributed by atoms with Crippen molar-refractivity contribution < 1.29 is 38.1 Å². The molecular formula is C15H24O8. The highest BCUT2D eigenvalue weighted by molar-refractivity contribution is 5.68. The minimum Gasteiger partial charge on any atom is -0.455 e. The Morgan fingerprint density at radius 2 is 1.48 bits per heavy atom. The maximum atomic E-state index is 11.3. The summed E-state index contributed by atoms with van der Waals surface area (Å²) < 4.78 is 26.4.